The van der Waals surface area contributed by atoms with Gasteiger partial charge in [-0.3, -0.25) is 14.4 Å². The van der Waals surface area contributed by atoms with Gasteiger partial charge in [-0.15, -0.1) is 0 Å². The SMILES string of the molecule is CNC(=O)c1ccc(NC(=O)CNC(=O)c2ccc3ccccc3c2)cc1. The summed E-state index contributed by atoms with van der Waals surface area (Å²) in [5.74, 6) is -0.863. The molecular weight excluding hydrogens is 342 g/mol. The van der Waals surface area contributed by atoms with Crippen molar-refractivity contribution in [3.8, 4) is 0 Å². The van der Waals surface area contributed by atoms with Crippen LogP contribution in [0.15, 0.2) is 66.7 Å². The number of fused-ring (bicyclic) bond motifs is 1. The highest BCUT2D eigenvalue weighted by molar-refractivity contribution is 6.01. The zero-order chi connectivity index (χ0) is 19.2. The molecule has 0 heterocycles. The summed E-state index contributed by atoms with van der Waals surface area (Å²) >= 11 is 0. The number of benzene rings is 3. The molecule has 0 aliphatic heterocycles. The van der Waals surface area contributed by atoms with Gasteiger partial charge in [0, 0.05) is 23.9 Å². The molecule has 3 aromatic rings. The Morgan fingerprint density at radius 3 is 2.15 bits per heavy atom. The molecule has 0 saturated heterocycles. The van der Waals surface area contributed by atoms with Crippen molar-refractivity contribution in [3.63, 3.8) is 0 Å². The molecule has 0 fully saturated rings. The molecule has 0 atom stereocenters. The summed E-state index contributed by atoms with van der Waals surface area (Å²) in [5, 5.41) is 9.82. The lowest BCUT2D eigenvalue weighted by atomic mass is 10.1. The van der Waals surface area contributed by atoms with Crippen LogP contribution in [0.2, 0.25) is 0 Å². The molecule has 0 spiro atoms. The summed E-state index contributed by atoms with van der Waals surface area (Å²) in [6.07, 6.45) is 0. The summed E-state index contributed by atoms with van der Waals surface area (Å²) in [5.41, 5.74) is 1.55. The third-order valence-corrected chi connectivity index (χ3v) is 4.08. The largest absolute Gasteiger partial charge is 0.355 e. The molecule has 0 radical (unpaired) electrons. The molecule has 0 aliphatic carbocycles. The van der Waals surface area contributed by atoms with Crippen molar-refractivity contribution in [3.05, 3.63) is 77.9 Å². The van der Waals surface area contributed by atoms with E-state index in [4.69, 9.17) is 0 Å². The fourth-order valence-electron chi connectivity index (χ4n) is 2.65. The van der Waals surface area contributed by atoms with E-state index in [-0.39, 0.29) is 24.3 Å². The topological polar surface area (TPSA) is 87.3 Å². The lowest BCUT2D eigenvalue weighted by molar-refractivity contribution is -0.115. The highest BCUT2D eigenvalue weighted by Crippen LogP contribution is 2.15. The summed E-state index contributed by atoms with van der Waals surface area (Å²) < 4.78 is 0. The van der Waals surface area contributed by atoms with E-state index in [9.17, 15) is 14.4 Å². The van der Waals surface area contributed by atoms with Gasteiger partial charge >= 0.3 is 0 Å². The first-order chi connectivity index (χ1) is 13.1. The van der Waals surface area contributed by atoms with Crippen molar-refractivity contribution >= 4 is 34.2 Å². The first kappa shape index (κ1) is 18.1. The summed E-state index contributed by atoms with van der Waals surface area (Å²) in [6, 6.07) is 19.6. The van der Waals surface area contributed by atoms with E-state index in [1.165, 1.54) is 0 Å². The fourth-order valence-corrected chi connectivity index (χ4v) is 2.65. The average Bonchev–Trinajstić information content (AvgIpc) is 2.71. The Balaban J connectivity index is 1.56. The van der Waals surface area contributed by atoms with Crippen LogP contribution in [0.25, 0.3) is 10.8 Å². The van der Waals surface area contributed by atoms with Gasteiger partial charge in [0.15, 0.2) is 0 Å². The van der Waals surface area contributed by atoms with Crippen LogP contribution < -0.4 is 16.0 Å². The molecule has 3 aromatic carbocycles. The molecule has 0 aliphatic rings. The average molecular weight is 361 g/mol. The van der Waals surface area contributed by atoms with Gasteiger partial charge in [0.25, 0.3) is 11.8 Å². The smallest absolute Gasteiger partial charge is 0.251 e. The summed E-state index contributed by atoms with van der Waals surface area (Å²) in [6.45, 7) is -0.150. The number of nitrogens with one attached hydrogen (secondary N) is 3. The van der Waals surface area contributed by atoms with E-state index in [1.807, 2.05) is 30.3 Å². The Hall–Kier alpha value is -3.67. The standard InChI is InChI=1S/C21H19N3O3/c1-22-20(26)15-8-10-18(11-9-15)24-19(25)13-23-21(27)17-7-6-14-4-2-3-5-16(14)12-17/h2-12H,13H2,1H3,(H,22,26)(H,23,27)(H,24,25). The van der Waals surface area contributed by atoms with Crippen molar-refractivity contribution in [1.82, 2.24) is 10.6 Å². The van der Waals surface area contributed by atoms with Crippen LogP contribution in [-0.2, 0) is 4.79 Å². The number of amides is 3. The van der Waals surface area contributed by atoms with Crippen LogP contribution in [-0.4, -0.2) is 31.3 Å². The summed E-state index contributed by atoms with van der Waals surface area (Å²) in [4.78, 5) is 35.8. The zero-order valence-corrected chi connectivity index (χ0v) is 14.8. The van der Waals surface area contributed by atoms with E-state index >= 15 is 0 Å². The molecule has 27 heavy (non-hydrogen) atoms. The van der Waals surface area contributed by atoms with Crippen molar-refractivity contribution in [2.24, 2.45) is 0 Å². The normalized spacial score (nSPS) is 10.3. The number of carbonyl (C=O) groups is 3. The molecule has 136 valence electrons. The molecule has 0 saturated carbocycles. The fraction of sp³-hybridized carbons (Fsp3) is 0.0952. The van der Waals surface area contributed by atoms with Crippen LogP contribution in [0, 0.1) is 0 Å². The Morgan fingerprint density at radius 1 is 0.778 bits per heavy atom. The van der Waals surface area contributed by atoms with Crippen molar-refractivity contribution in [1.29, 1.82) is 0 Å². The molecule has 3 amide bonds. The monoisotopic (exact) mass is 361 g/mol. The third-order valence-electron chi connectivity index (χ3n) is 4.08. The molecule has 6 nitrogen and oxygen atoms in total. The van der Waals surface area contributed by atoms with Crippen LogP contribution >= 0.6 is 0 Å². The molecule has 3 rings (SSSR count). The van der Waals surface area contributed by atoms with E-state index < -0.39 is 0 Å². The van der Waals surface area contributed by atoms with E-state index in [2.05, 4.69) is 16.0 Å². The van der Waals surface area contributed by atoms with Crippen molar-refractivity contribution < 1.29 is 14.4 Å². The maximum Gasteiger partial charge on any atom is 0.251 e. The van der Waals surface area contributed by atoms with E-state index in [0.717, 1.165) is 10.8 Å². The molecule has 3 N–H and O–H groups in total. The van der Waals surface area contributed by atoms with Crippen LogP contribution in [0.3, 0.4) is 0 Å². The van der Waals surface area contributed by atoms with Gasteiger partial charge in [-0.1, -0.05) is 30.3 Å². The van der Waals surface area contributed by atoms with Gasteiger partial charge in [0.05, 0.1) is 6.54 Å². The number of carbonyl (C=O) groups excluding carboxylic acids is 3. The molecule has 0 unspecified atom stereocenters. The van der Waals surface area contributed by atoms with E-state index in [1.54, 1.807) is 43.4 Å². The third kappa shape index (κ3) is 4.49. The molecule has 0 aromatic heterocycles. The summed E-state index contributed by atoms with van der Waals surface area (Å²) in [7, 11) is 1.55. The minimum Gasteiger partial charge on any atom is -0.355 e. The first-order valence-corrected chi connectivity index (χ1v) is 8.46. The second-order valence-corrected chi connectivity index (χ2v) is 5.95. The maximum atomic E-state index is 12.3. The van der Waals surface area contributed by atoms with E-state index in [0.29, 0.717) is 16.8 Å². The number of hydrogen-bond acceptors (Lipinski definition) is 3. The van der Waals surface area contributed by atoms with Crippen LogP contribution in [0.1, 0.15) is 20.7 Å². The number of rotatable bonds is 5. The Morgan fingerprint density at radius 2 is 1.44 bits per heavy atom. The van der Waals surface area contributed by atoms with Crippen LogP contribution in [0.5, 0.6) is 0 Å². The van der Waals surface area contributed by atoms with Gasteiger partial charge in [-0.2, -0.15) is 0 Å². The second kappa shape index (κ2) is 8.14. The Kier molecular flexibility index (Phi) is 5.47. The number of anilines is 1. The zero-order valence-electron chi connectivity index (χ0n) is 14.8. The molecule has 0 bridgehead atoms. The highest BCUT2D eigenvalue weighted by atomic mass is 16.2. The Labute approximate surface area is 156 Å². The predicted molar refractivity (Wildman–Crippen MR) is 105 cm³/mol. The quantitative estimate of drug-likeness (QED) is 0.653. The minimum absolute atomic E-state index is 0.150. The highest BCUT2D eigenvalue weighted by Gasteiger charge is 2.09. The molecular formula is C21H19N3O3. The first-order valence-electron chi connectivity index (χ1n) is 8.46. The lowest BCUT2D eigenvalue weighted by Gasteiger charge is -2.08. The minimum atomic E-state index is -0.350. The van der Waals surface area contributed by atoms with Crippen molar-refractivity contribution in [2.45, 2.75) is 0 Å². The second-order valence-electron chi connectivity index (χ2n) is 5.95. The van der Waals surface area contributed by atoms with Crippen molar-refractivity contribution in [2.75, 3.05) is 18.9 Å². The maximum absolute atomic E-state index is 12.3. The Bertz CT molecular complexity index is 997. The van der Waals surface area contributed by atoms with Gasteiger partial charge in [-0.05, 0) is 47.2 Å². The van der Waals surface area contributed by atoms with Gasteiger partial charge in [0.1, 0.15) is 0 Å². The lowest BCUT2D eigenvalue weighted by Crippen LogP contribution is -2.32. The van der Waals surface area contributed by atoms with Gasteiger partial charge < -0.3 is 16.0 Å². The molecule has 6 heteroatoms. The van der Waals surface area contributed by atoms with Gasteiger partial charge in [0.2, 0.25) is 5.91 Å². The number of hydrogen-bond donors (Lipinski definition) is 3. The van der Waals surface area contributed by atoms with Crippen LogP contribution in [0.4, 0.5) is 5.69 Å². The predicted octanol–water partition coefficient (Wildman–Crippen LogP) is 2.57. The van der Waals surface area contributed by atoms with Gasteiger partial charge in [-0.25, -0.2) is 0 Å².